The number of methoxy groups -OCH3 is 1. The number of halogens is 1. The molecule has 0 unspecified atom stereocenters. The first kappa shape index (κ1) is 15.1. The zero-order valence-corrected chi connectivity index (χ0v) is 14.3. The van der Waals surface area contributed by atoms with Crippen LogP contribution in [0, 0.1) is 12.7 Å². The highest BCUT2D eigenvalue weighted by molar-refractivity contribution is 7.16. The minimum Gasteiger partial charge on any atom is -0.496 e. The third-order valence-electron chi connectivity index (χ3n) is 4.29. The molecular formula is C19H17FN2OS. The number of benzene rings is 2. The normalized spacial score (nSPS) is 12.5. The third-order valence-corrected chi connectivity index (χ3v) is 5.32. The Balaban J connectivity index is 1.70. The van der Waals surface area contributed by atoms with Crippen LogP contribution in [0.15, 0.2) is 36.4 Å². The van der Waals surface area contributed by atoms with Crippen molar-refractivity contribution in [1.29, 1.82) is 0 Å². The lowest BCUT2D eigenvalue weighted by molar-refractivity contribution is 0.411. The first-order chi connectivity index (χ1) is 11.6. The van der Waals surface area contributed by atoms with E-state index >= 15 is 0 Å². The molecule has 1 heterocycles. The molecule has 24 heavy (non-hydrogen) atoms. The highest BCUT2D eigenvalue weighted by atomic mass is 32.1. The van der Waals surface area contributed by atoms with Gasteiger partial charge in [-0.1, -0.05) is 0 Å². The van der Waals surface area contributed by atoms with Crippen molar-refractivity contribution >= 4 is 22.2 Å². The molecule has 2 aromatic carbocycles. The molecule has 5 heteroatoms. The number of nitrogens with one attached hydrogen (secondary N) is 1. The molecule has 0 saturated heterocycles. The Morgan fingerprint density at radius 3 is 2.71 bits per heavy atom. The smallest absolute Gasteiger partial charge is 0.187 e. The van der Waals surface area contributed by atoms with E-state index in [9.17, 15) is 4.39 Å². The number of nitrogens with zero attached hydrogens (tertiary/aromatic N) is 1. The molecular weight excluding hydrogens is 323 g/mol. The summed E-state index contributed by atoms with van der Waals surface area (Å²) in [5, 5.41) is 4.11. The van der Waals surface area contributed by atoms with Crippen molar-refractivity contribution in [2.45, 2.75) is 19.8 Å². The molecule has 0 radical (unpaired) electrons. The van der Waals surface area contributed by atoms with Gasteiger partial charge < -0.3 is 10.1 Å². The van der Waals surface area contributed by atoms with E-state index in [1.807, 2.05) is 0 Å². The van der Waals surface area contributed by atoms with Crippen LogP contribution < -0.4 is 10.1 Å². The lowest BCUT2D eigenvalue weighted by Crippen LogP contribution is -2.03. The zero-order chi connectivity index (χ0) is 16.7. The molecule has 0 atom stereocenters. The fourth-order valence-corrected chi connectivity index (χ4v) is 4.06. The molecule has 1 N–H and O–H groups in total. The Morgan fingerprint density at radius 1 is 1.17 bits per heavy atom. The van der Waals surface area contributed by atoms with Crippen molar-refractivity contribution < 1.29 is 9.13 Å². The molecule has 0 saturated carbocycles. The van der Waals surface area contributed by atoms with E-state index in [0.717, 1.165) is 40.7 Å². The predicted molar refractivity (Wildman–Crippen MR) is 95.9 cm³/mol. The fraction of sp³-hybridized carbons (Fsp3) is 0.211. The van der Waals surface area contributed by atoms with E-state index in [2.05, 4.69) is 24.4 Å². The molecule has 1 aliphatic rings. The number of thiazole rings is 1. The van der Waals surface area contributed by atoms with Crippen molar-refractivity contribution in [3.8, 4) is 17.0 Å². The maximum atomic E-state index is 13.0. The lowest BCUT2D eigenvalue weighted by atomic mass is 9.91. The van der Waals surface area contributed by atoms with Crippen molar-refractivity contribution in [2.24, 2.45) is 0 Å². The van der Waals surface area contributed by atoms with E-state index in [1.54, 1.807) is 30.6 Å². The molecule has 1 aromatic heterocycles. The lowest BCUT2D eigenvalue weighted by Gasteiger charge is -2.17. The van der Waals surface area contributed by atoms with E-state index < -0.39 is 0 Å². The van der Waals surface area contributed by atoms with Crippen LogP contribution in [-0.4, -0.2) is 12.1 Å². The summed E-state index contributed by atoms with van der Waals surface area (Å²) in [6.45, 7) is 2.05. The SMILES string of the molecule is COc1cc2c(cc1C)-c1nc(Nc3ccc(F)cc3)sc1CC2. The van der Waals surface area contributed by atoms with Crippen molar-refractivity contribution in [3.05, 3.63) is 58.2 Å². The topological polar surface area (TPSA) is 34.1 Å². The number of aryl methyl sites for hydroxylation is 3. The van der Waals surface area contributed by atoms with Crippen LogP contribution in [0.4, 0.5) is 15.2 Å². The Bertz CT molecular complexity index is 902. The number of hydrogen-bond donors (Lipinski definition) is 1. The summed E-state index contributed by atoms with van der Waals surface area (Å²) in [5.74, 6) is 0.689. The minimum atomic E-state index is -0.239. The van der Waals surface area contributed by atoms with Gasteiger partial charge >= 0.3 is 0 Å². The van der Waals surface area contributed by atoms with Gasteiger partial charge in [0.2, 0.25) is 0 Å². The van der Waals surface area contributed by atoms with E-state index in [1.165, 1.54) is 28.1 Å². The Labute approximate surface area is 144 Å². The number of aromatic nitrogens is 1. The number of fused-ring (bicyclic) bond motifs is 3. The van der Waals surface area contributed by atoms with Gasteiger partial charge in [0.05, 0.1) is 12.8 Å². The van der Waals surface area contributed by atoms with Crippen LogP contribution in [0.25, 0.3) is 11.3 Å². The summed E-state index contributed by atoms with van der Waals surface area (Å²) >= 11 is 1.67. The third kappa shape index (κ3) is 2.65. The fourth-order valence-electron chi connectivity index (χ4n) is 3.07. The predicted octanol–water partition coefficient (Wildman–Crippen LogP) is 5.11. The summed E-state index contributed by atoms with van der Waals surface area (Å²) in [7, 11) is 1.70. The van der Waals surface area contributed by atoms with Crippen molar-refractivity contribution in [3.63, 3.8) is 0 Å². The summed E-state index contributed by atoms with van der Waals surface area (Å²) in [6.07, 6.45) is 1.98. The summed E-state index contributed by atoms with van der Waals surface area (Å²) < 4.78 is 18.5. The highest BCUT2D eigenvalue weighted by Gasteiger charge is 2.22. The largest absolute Gasteiger partial charge is 0.496 e. The minimum absolute atomic E-state index is 0.239. The summed E-state index contributed by atoms with van der Waals surface area (Å²) in [6, 6.07) is 10.6. The zero-order valence-electron chi connectivity index (χ0n) is 13.5. The molecule has 0 fully saturated rings. The van der Waals surface area contributed by atoms with Gasteiger partial charge in [0.1, 0.15) is 11.6 Å². The number of ether oxygens (including phenoxy) is 1. The molecule has 0 aliphatic heterocycles. The second-order valence-corrected chi connectivity index (χ2v) is 6.99. The van der Waals surface area contributed by atoms with Gasteiger partial charge in [-0.05, 0) is 67.3 Å². The van der Waals surface area contributed by atoms with Crippen LogP contribution in [-0.2, 0) is 12.8 Å². The molecule has 0 bridgehead atoms. The van der Waals surface area contributed by atoms with Gasteiger partial charge in [-0.2, -0.15) is 0 Å². The number of rotatable bonds is 3. The van der Waals surface area contributed by atoms with Crippen LogP contribution >= 0.6 is 11.3 Å². The molecule has 1 aliphatic carbocycles. The Hall–Kier alpha value is -2.40. The first-order valence-corrected chi connectivity index (χ1v) is 8.66. The maximum Gasteiger partial charge on any atom is 0.187 e. The molecule has 122 valence electrons. The summed E-state index contributed by atoms with van der Waals surface area (Å²) in [5.41, 5.74) is 5.48. The van der Waals surface area contributed by atoms with Crippen molar-refractivity contribution in [1.82, 2.24) is 4.98 Å². The van der Waals surface area contributed by atoms with Gasteiger partial charge in [0.15, 0.2) is 5.13 Å². The van der Waals surface area contributed by atoms with E-state index in [0.29, 0.717) is 0 Å². The number of hydrogen-bond acceptors (Lipinski definition) is 4. The van der Waals surface area contributed by atoms with Crippen LogP contribution in [0.3, 0.4) is 0 Å². The quantitative estimate of drug-likeness (QED) is 0.719. The van der Waals surface area contributed by atoms with Gasteiger partial charge in [0.25, 0.3) is 0 Å². The maximum absolute atomic E-state index is 13.0. The average Bonchev–Trinajstić information content (AvgIpc) is 2.99. The first-order valence-electron chi connectivity index (χ1n) is 7.84. The van der Waals surface area contributed by atoms with Crippen LogP contribution in [0.2, 0.25) is 0 Å². The standard InChI is InChI=1S/C19H17FN2OS/c1-11-9-15-12(10-16(11)23-2)3-8-17-18(15)22-19(24-17)21-14-6-4-13(20)5-7-14/h4-7,9-10H,3,8H2,1-2H3,(H,21,22). The highest BCUT2D eigenvalue weighted by Crippen LogP contribution is 2.41. The number of anilines is 2. The molecule has 0 spiro atoms. The second-order valence-electron chi connectivity index (χ2n) is 5.90. The van der Waals surface area contributed by atoms with Crippen LogP contribution in [0.1, 0.15) is 16.0 Å². The molecule has 0 amide bonds. The van der Waals surface area contributed by atoms with Gasteiger partial charge in [-0.3, -0.25) is 0 Å². The van der Waals surface area contributed by atoms with Crippen molar-refractivity contribution in [2.75, 3.05) is 12.4 Å². The van der Waals surface area contributed by atoms with Gasteiger partial charge in [-0.15, -0.1) is 11.3 Å². The monoisotopic (exact) mass is 340 g/mol. The average molecular weight is 340 g/mol. The van der Waals surface area contributed by atoms with Gasteiger partial charge in [-0.25, -0.2) is 9.37 Å². The van der Waals surface area contributed by atoms with Crippen LogP contribution in [0.5, 0.6) is 5.75 Å². The Morgan fingerprint density at radius 2 is 1.96 bits per heavy atom. The van der Waals surface area contributed by atoms with E-state index in [4.69, 9.17) is 9.72 Å². The van der Waals surface area contributed by atoms with Gasteiger partial charge in [0, 0.05) is 16.1 Å². The van der Waals surface area contributed by atoms with E-state index in [-0.39, 0.29) is 5.82 Å². The molecule has 3 aromatic rings. The molecule has 4 rings (SSSR count). The summed E-state index contributed by atoms with van der Waals surface area (Å²) in [4.78, 5) is 6.07. The Kier molecular flexibility index (Phi) is 3.73. The second kappa shape index (κ2) is 5.91. The molecule has 3 nitrogen and oxygen atoms in total.